The highest BCUT2D eigenvalue weighted by atomic mass is 32.1. The SMILES string of the molecule is NCC(=O)O.N[C@@H](CS)C(=O)O.N[C@@H](CS)C(=O)O.N[C@@H](CS)C(=O)O. The normalized spacial score (nSPS) is 12.3. The van der Waals surface area contributed by atoms with Crippen molar-refractivity contribution >= 4 is 61.8 Å². The Morgan fingerprint density at radius 1 is 0.654 bits per heavy atom. The van der Waals surface area contributed by atoms with Crippen molar-refractivity contribution in [2.24, 2.45) is 22.9 Å². The van der Waals surface area contributed by atoms with Crippen LogP contribution >= 0.6 is 37.9 Å². The summed E-state index contributed by atoms with van der Waals surface area (Å²) in [5.41, 5.74) is 19.4. The Kier molecular flexibility index (Phi) is 27.2. The maximum atomic E-state index is 9.76. The van der Waals surface area contributed by atoms with Gasteiger partial charge in [0.05, 0.1) is 6.54 Å². The largest absolute Gasteiger partial charge is 0.480 e. The van der Waals surface area contributed by atoms with Crippen LogP contribution in [0.5, 0.6) is 0 Å². The minimum absolute atomic E-state index is 0.190. The van der Waals surface area contributed by atoms with Gasteiger partial charge in [-0.05, 0) is 0 Å². The average Bonchev–Trinajstić information content (AvgIpc) is 2.60. The molecular formula is C11H26N4O8S3. The van der Waals surface area contributed by atoms with E-state index in [0.29, 0.717) is 0 Å². The third-order valence-corrected chi connectivity index (χ3v) is 2.90. The monoisotopic (exact) mass is 438 g/mol. The molecule has 0 aliphatic carbocycles. The van der Waals surface area contributed by atoms with E-state index < -0.39 is 42.0 Å². The second-order valence-electron chi connectivity index (χ2n) is 3.98. The molecule has 0 aromatic carbocycles. The first kappa shape index (κ1) is 32.4. The standard InChI is InChI=1S/3C3H7NO2S.C2H5NO2/c3*4-2(1-7)3(5)6;3-1-2(4)5/h3*2,7H,1,4H2,(H,5,6);1,3H2,(H,4,5)/t3*2-;/m000./s1. The molecule has 12 nitrogen and oxygen atoms in total. The van der Waals surface area contributed by atoms with Crippen LogP contribution in [0.3, 0.4) is 0 Å². The summed E-state index contributed by atoms with van der Waals surface area (Å²) in [7, 11) is 0. The highest BCUT2D eigenvalue weighted by molar-refractivity contribution is 7.80. The fourth-order valence-electron chi connectivity index (χ4n) is 0.234. The van der Waals surface area contributed by atoms with Crippen LogP contribution in [0.25, 0.3) is 0 Å². The fraction of sp³-hybridized carbons (Fsp3) is 0.636. The van der Waals surface area contributed by atoms with E-state index in [2.05, 4.69) is 43.6 Å². The minimum Gasteiger partial charge on any atom is -0.480 e. The van der Waals surface area contributed by atoms with Crippen molar-refractivity contribution < 1.29 is 39.6 Å². The van der Waals surface area contributed by atoms with Gasteiger partial charge in [-0.15, -0.1) is 0 Å². The van der Waals surface area contributed by atoms with Gasteiger partial charge < -0.3 is 43.4 Å². The predicted molar refractivity (Wildman–Crippen MR) is 105 cm³/mol. The quantitative estimate of drug-likeness (QED) is 0.178. The van der Waals surface area contributed by atoms with Gasteiger partial charge in [0.15, 0.2) is 0 Å². The van der Waals surface area contributed by atoms with Gasteiger partial charge in [0.25, 0.3) is 0 Å². The molecule has 12 N–H and O–H groups in total. The van der Waals surface area contributed by atoms with Gasteiger partial charge in [-0.25, -0.2) is 0 Å². The number of hydrogen-bond acceptors (Lipinski definition) is 11. The molecule has 0 aromatic rings. The number of carbonyl (C=O) groups is 4. The first-order valence-corrected chi connectivity index (χ1v) is 8.41. The third-order valence-electron chi connectivity index (χ3n) is 1.72. The number of thiol groups is 3. The van der Waals surface area contributed by atoms with Crippen LogP contribution < -0.4 is 22.9 Å². The Hall–Kier alpha value is -1.23. The molecule has 156 valence electrons. The molecular weight excluding hydrogens is 412 g/mol. The van der Waals surface area contributed by atoms with Crippen LogP contribution in [0, 0.1) is 0 Å². The summed E-state index contributed by atoms with van der Waals surface area (Å²) in [6.45, 7) is -0.278. The second kappa shape index (κ2) is 21.8. The summed E-state index contributed by atoms with van der Waals surface area (Å²) in [5, 5.41) is 31.6. The van der Waals surface area contributed by atoms with E-state index >= 15 is 0 Å². The van der Waals surface area contributed by atoms with E-state index in [1.165, 1.54) is 0 Å². The lowest BCUT2D eigenvalue weighted by atomic mass is 10.4. The molecule has 26 heavy (non-hydrogen) atoms. The van der Waals surface area contributed by atoms with Crippen LogP contribution in [-0.2, 0) is 19.2 Å². The number of aliphatic carboxylic acids is 4. The van der Waals surface area contributed by atoms with Crippen LogP contribution in [0.4, 0.5) is 0 Å². The van der Waals surface area contributed by atoms with Crippen LogP contribution in [0.15, 0.2) is 0 Å². The van der Waals surface area contributed by atoms with Crippen LogP contribution in [0.2, 0.25) is 0 Å². The molecule has 3 atom stereocenters. The number of hydrogen-bond donors (Lipinski definition) is 11. The summed E-state index contributed by atoms with van der Waals surface area (Å²) in [6, 6.07) is -2.45. The van der Waals surface area contributed by atoms with E-state index in [9.17, 15) is 19.2 Å². The zero-order chi connectivity index (χ0) is 21.9. The lowest BCUT2D eigenvalue weighted by molar-refractivity contribution is -0.138. The van der Waals surface area contributed by atoms with Gasteiger partial charge in [-0.3, -0.25) is 19.2 Å². The summed E-state index contributed by atoms with van der Waals surface area (Å²) in [5.74, 6) is -3.41. The summed E-state index contributed by atoms with van der Waals surface area (Å²) in [6.07, 6.45) is 0. The number of carboxylic acids is 4. The van der Waals surface area contributed by atoms with E-state index in [4.69, 9.17) is 37.6 Å². The Bertz CT molecular complexity index is 369. The first-order valence-electron chi connectivity index (χ1n) is 6.51. The molecule has 0 saturated carbocycles. The molecule has 15 heteroatoms. The van der Waals surface area contributed by atoms with Crippen LogP contribution in [-0.4, -0.2) is 86.2 Å². The molecule has 0 spiro atoms. The zero-order valence-electron chi connectivity index (χ0n) is 13.6. The first-order chi connectivity index (χ1) is 11.8. The van der Waals surface area contributed by atoms with Crippen molar-refractivity contribution in [2.75, 3.05) is 23.8 Å². The summed E-state index contributed by atoms with van der Waals surface area (Å²) < 4.78 is 0. The molecule has 0 amide bonds. The van der Waals surface area contributed by atoms with Crippen molar-refractivity contribution in [1.29, 1.82) is 0 Å². The zero-order valence-corrected chi connectivity index (χ0v) is 16.3. The Morgan fingerprint density at radius 2 is 0.808 bits per heavy atom. The molecule has 0 radical (unpaired) electrons. The minimum atomic E-state index is -1.00. The van der Waals surface area contributed by atoms with Crippen molar-refractivity contribution in [2.45, 2.75) is 18.1 Å². The van der Waals surface area contributed by atoms with Gasteiger partial charge in [-0.2, -0.15) is 37.9 Å². The van der Waals surface area contributed by atoms with Crippen LogP contribution in [0.1, 0.15) is 0 Å². The van der Waals surface area contributed by atoms with Gasteiger partial charge in [0.1, 0.15) is 18.1 Å². The Labute approximate surface area is 166 Å². The van der Waals surface area contributed by atoms with Gasteiger partial charge in [0, 0.05) is 17.3 Å². The topological polar surface area (TPSA) is 253 Å². The molecule has 0 rings (SSSR count). The number of nitrogens with two attached hydrogens (primary N) is 4. The Morgan fingerprint density at radius 3 is 0.808 bits per heavy atom. The van der Waals surface area contributed by atoms with Crippen molar-refractivity contribution in [1.82, 2.24) is 0 Å². The molecule has 0 fully saturated rings. The molecule has 0 saturated heterocycles. The molecule has 0 aromatic heterocycles. The highest BCUT2D eigenvalue weighted by Crippen LogP contribution is 1.81. The molecule has 0 heterocycles. The number of rotatable bonds is 7. The van der Waals surface area contributed by atoms with Crippen molar-refractivity contribution in [3.05, 3.63) is 0 Å². The average molecular weight is 439 g/mol. The maximum absolute atomic E-state index is 9.76. The number of carboxylic acid groups (broad SMARTS) is 4. The van der Waals surface area contributed by atoms with E-state index in [1.807, 2.05) is 0 Å². The Balaban J connectivity index is -0.000000125. The predicted octanol–water partition coefficient (Wildman–Crippen LogP) is -2.99. The van der Waals surface area contributed by atoms with E-state index in [1.54, 1.807) is 0 Å². The molecule has 0 aliphatic heterocycles. The second-order valence-corrected chi connectivity index (χ2v) is 5.08. The summed E-state index contributed by atoms with van der Waals surface area (Å²) in [4.78, 5) is 38.5. The third kappa shape index (κ3) is 30.6. The lowest BCUT2D eigenvalue weighted by Crippen LogP contribution is -2.31. The highest BCUT2D eigenvalue weighted by Gasteiger charge is 2.07. The van der Waals surface area contributed by atoms with E-state index in [0.717, 1.165) is 0 Å². The van der Waals surface area contributed by atoms with Crippen molar-refractivity contribution in [3.8, 4) is 0 Å². The van der Waals surface area contributed by atoms with Gasteiger partial charge in [0.2, 0.25) is 0 Å². The molecule has 0 unspecified atom stereocenters. The van der Waals surface area contributed by atoms with Gasteiger partial charge in [-0.1, -0.05) is 0 Å². The lowest BCUT2D eigenvalue weighted by Gasteiger charge is -1.96. The fourth-order valence-corrected chi connectivity index (χ4v) is 0.703. The van der Waals surface area contributed by atoms with Crippen molar-refractivity contribution in [3.63, 3.8) is 0 Å². The molecule has 0 bridgehead atoms. The van der Waals surface area contributed by atoms with E-state index in [-0.39, 0.29) is 23.8 Å². The maximum Gasteiger partial charge on any atom is 0.321 e. The molecule has 0 aliphatic rings. The summed E-state index contributed by atoms with van der Waals surface area (Å²) >= 11 is 10.9. The smallest absolute Gasteiger partial charge is 0.321 e. The van der Waals surface area contributed by atoms with Gasteiger partial charge >= 0.3 is 23.9 Å².